The van der Waals surface area contributed by atoms with Crippen LogP contribution in [0.1, 0.15) is 18.9 Å². The van der Waals surface area contributed by atoms with Crippen LogP contribution in [-0.4, -0.2) is 37.0 Å². The second-order valence-electron chi connectivity index (χ2n) is 3.53. The van der Waals surface area contributed by atoms with Crippen LogP contribution in [-0.2, 0) is 4.79 Å². The highest BCUT2D eigenvalue weighted by molar-refractivity contribution is 7.99. The first kappa shape index (κ1) is 11.5. The monoisotopic (exact) mass is 263 g/mol. The number of nitrogens with one attached hydrogen (secondary N) is 1. The Balaban J connectivity index is 2.04. The summed E-state index contributed by atoms with van der Waals surface area (Å²) in [6.07, 6.45) is 1.94. The van der Waals surface area contributed by atoms with Crippen LogP contribution in [0.3, 0.4) is 0 Å². The molecule has 2 N–H and O–H groups in total. The zero-order chi connectivity index (χ0) is 11.7. The molecule has 1 aliphatic carbocycles. The molecule has 0 saturated heterocycles. The number of thioether (sulfide) groups is 1. The van der Waals surface area contributed by atoms with E-state index in [1.54, 1.807) is 4.57 Å². The van der Waals surface area contributed by atoms with E-state index >= 15 is 0 Å². The van der Waals surface area contributed by atoms with Gasteiger partial charge in [-0.3, -0.25) is 9.36 Å². The fourth-order valence-corrected chi connectivity index (χ4v) is 2.37. The normalized spacial score (nSPS) is 17.3. The molecule has 1 aliphatic rings. The standard InChI is InChI=1S/C8H10ClN3O3S/c9-5(6(13)14)3-16-8-11-10-7(15)12(8)4-1-2-4/h4-5H,1-3H2,(H,10,15)(H,13,14). The van der Waals surface area contributed by atoms with Crippen molar-refractivity contribution in [1.29, 1.82) is 0 Å². The number of carbonyl (C=O) groups is 1. The van der Waals surface area contributed by atoms with Crippen molar-refractivity contribution in [1.82, 2.24) is 14.8 Å². The number of carboxylic acid groups (broad SMARTS) is 1. The van der Waals surface area contributed by atoms with Crippen LogP contribution in [0.5, 0.6) is 0 Å². The minimum atomic E-state index is -1.06. The highest BCUT2D eigenvalue weighted by Gasteiger charge is 2.29. The number of aromatic amines is 1. The van der Waals surface area contributed by atoms with Crippen LogP contribution in [0.4, 0.5) is 0 Å². The van der Waals surface area contributed by atoms with Gasteiger partial charge in [-0.05, 0) is 12.8 Å². The summed E-state index contributed by atoms with van der Waals surface area (Å²) in [5.41, 5.74) is -0.244. The predicted octanol–water partition coefficient (Wildman–Crippen LogP) is 0.690. The molecule has 0 bridgehead atoms. The van der Waals surface area contributed by atoms with Crippen LogP contribution in [0.2, 0.25) is 0 Å². The van der Waals surface area contributed by atoms with E-state index in [4.69, 9.17) is 16.7 Å². The van der Waals surface area contributed by atoms with E-state index in [0.29, 0.717) is 5.16 Å². The van der Waals surface area contributed by atoms with E-state index in [2.05, 4.69) is 10.2 Å². The molecule has 0 aliphatic heterocycles. The highest BCUT2D eigenvalue weighted by atomic mass is 35.5. The Morgan fingerprint density at radius 1 is 1.75 bits per heavy atom. The van der Waals surface area contributed by atoms with Gasteiger partial charge in [0.25, 0.3) is 0 Å². The van der Waals surface area contributed by atoms with Crippen LogP contribution in [0.25, 0.3) is 0 Å². The lowest BCUT2D eigenvalue weighted by atomic mass is 10.5. The minimum Gasteiger partial charge on any atom is -0.480 e. The number of carboxylic acids is 1. The number of halogens is 1. The Kier molecular flexibility index (Phi) is 3.25. The van der Waals surface area contributed by atoms with Gasteiger partial charge in [-0.25, -0.2) is 9.89 Å². The summed E-state index contributed by atoms with van der Waals surface area (Å²) >= 11 is 6.75. The van der Waals surface area contributed by atoms with Gasteiger partial charge in [0.15, 0.2) is 5.16 Å². The van der Waals surface area contributed by atoms with E-state index in [-0.39, 0.29) is 17.5 Å². The molecule has 1 aromatic rings. The molecular weight excluding hydrogens is 254 g/mol. The van der Waals surface area contributed by atoms with Gasteiger partial charge in [0.05, 0.1) is 0 Å². The third-order valence-electron chi connectivity index (χ3n) is 2.21. The summed E-state index contributed by atoms with van der Waals surface area (Å²) in [7, 11) is 0. The molecule has 0 amide bonds. The largest absolute Gasteiger partial charge is 0.480 e. The van der Waals surface area contributed by atoms with Crippen molar-refractivity contribution in [3.05, 3.63) is 10.5 Å². The quantitative estimate of drug-likeness (QED) is 0.603. The molecule has 1 saturated carbocycles. The van der Waals surface area contributed by atoms with Crippen molar-refractivity contribution in [3.63, 3.8) is 0 Å². The van der Waals surface area contributed by atoms with Gasteiger partial charge < -0.3 is 5.11 Å². The molecular formula is C8H10ClN3O3S. The second-order valence-corrected chi connectivity index (χ2v) is 5.04. The maximum absolute atomic E-state index is 11.4. The Hall–Kier alpha value is -0.950. The summed E-state index contributed by atoms with van der Waals surface area (Å²) in [5, 5.41) is 14.4. The van der Waals surface area contributed by atoms with Crippen molar-refractivity contribution >= 4 is 29.3 Å². The molecule has 0 aromatic carbocycles. The van der Waals surface area contributed by atoms with Gasteiger partial charge in [-0.1, -0.05) is 11.8 Å². The van der Waals surface area contributed by atoms with E-state index in [1.165, 1.54) is 11.8 Å². The highest BCUT2D eigenvalue weighted by Crippen LogP contribution is 2.36. The number of H-pyrrole nitrogens is 1. The third-order valence-corrected chi connectivity index (χ3v) is 3.78. The fraction of sp³-hybridized carbons (Fsp3) is 0.625. The first-order chi connectivity index (χ1) is 7.59. The van der Waals surface area contributed by atoms with Gasteiger partial charge in [-0.2, -0.15) is 0 Å². The molecule has 8 heteroatoms. The number of aliphatic carboxylic acids is 1. The number of aromatic nitrogens is 3. The minimum absolute atomic E-state index is 0.188. The first-order valence-electron chi connectivity index (χ1n) is 4.76. The smallest absolute Gasteiger partial charge is 0.344 e. The Bertz CT molecular complexity index is 454. The van der Waals surface area contributed by atoms with Crippen molar-refractivity contribution in [3.8, 4) is 0 Å². The zero-order valence-corrected chi connectivity index (χ0v) is 9.79. The SMILES string of the molecule is O=C(O)C(Cl)CSc1n[nH]c(=O)n1C1CC1. The van der Waals surface area contributed by atoms with E-state index in [0.717, 1.165) is 12.8 Å². The predicted molar refractivity (Wildman–Crippen MR) is 59.1 cm³/mol. The summed E-state index contributed by atoms with van der Waals surface area (Å²) in [6, 6.07) is 0.215. The number of alkyl halides is 1. The first-order valence-corrected chi connectivity index (χ1v) is 6.18. The molecule has 6 nitrogen and oxygen atoms in total. The van der Waals surface area contributed by atoms with Crippen molar-refractivity contribution in [2.75, 3.05) is 5.75 Å². The van der Waals surface area contributed by atoms with Gasteiger partial charge >= 0.3 is 11.7 Å². The maximum Gasteiger partial charge on any atom is 0.344 e. The summed E-state index contributed by atoms with van der Waals surface area (Å²) in [6.45, 7) is 0. The summed E-state index contributed by atoms with van der Waals surface area (Å²) < 4.78 is 1.57. The average Bonchev–Trinajstić information content (AvgIpc) is 3.00. The molecule has 0 spiro atoms. The van der Waals surface area contributed by atoms with Gasteiger partial charge in [0.1, 0.15) is 5.38 Å². The topological polar surface area (TPSA) is 88.0 Å². The number of rotatable bonds is 5. The van der Waals surface area contributed by atoms with Gasteiger partial charge in [0, 0.05) is 11.8 Å². The van der Waals surface area contributed by atoms with Crippen LogP contribution in [0, 0.1) is 0 Å². The lowest BCUT2D eigenvalue weighted by molar-refractivity contribution is -0.136. The summed E-state index contributed by atoms with van der Waals surface area (Å²) in [5.74, 6) is -0.876. The van der Waals surface area contributed by atoms with Crippen molar-refractivity contribution in [2.24, 2.45) is 0 Å². The zero-order valence-electron chi connectivity index (χ0n) is 8.22. The second kappa shape index (κ2) is 4.50. The Labute approximate surface area is 100.0 Å². The molecule has 88 valence electrons. The summed E-state index contributed by atoms with van der Waals surface area (Å²) in [4.78, 5) is 21.9. The molecule has 0 radical (unpaired) electrons. The maximum atomic E-state index is 11.4. The third kappa shape index (κ3) is 2.41. The van der Waals surface area contributed by atoms with Crippen LogP contribution >= 0.6 is 23.4 Å². The molecule has 16 heavy (non-hydrogen) atoms. The fourth-order valence-electron chi connectivity index (χ4n) is 1.27. The number of hydrogen-bond acceptors (Lipinski definition) is 4. The lowest BCUT2D eigenvalue weighted by Gasteiger charge is -2.04. The van der Waals surface area contributed by atoms with Crippen molar-refractivity contribution in [2.45, 2.75) is 29.4 Å². The Morgan fingerprint density at radius 3 is 3.00 bits per heavy atom. The molecule has 1 atom stereocenters. The number of nitrogens with zero attached hydrogens (tertiary/aromatic N) is 2. The average molecular weight is 264 g/mol. The Morgan fingerprint density at radius 2 is 2.44 bits per heavy atom. The molecule has 1 aromatic heterocycles. The molecule has 1 fully saturated rings. The molecule has 1 unspecified atom stereocenters. The lowest BCUT2D eigenvalue weighted by Crippen LogP contribution is -2.18. The van der Waals surface area contributed by atoms with E-state index < -0.39 is 11.3 Å². The van der Waals surface area contributed by atoms with E-state index in [9.17, 15) is 9.59 Å². The van der Waals surface area contributed by atoms with Gasteiger partial charge in [0.2, 0.25) is 0 Å². The van der Waals surface area contributed by atoms with E-state index in [1.807, 2.05) is 0 Å². The molecule has 1 heterocycles. The molecule has 2 rings (SSSR count). The van der Waals surface area contributed by atoms with Gasteiger partial charge in [-0.15, -0.1) is 16.7 Å². The number of hydrogen-bond donors (Lipinski definition) is 2. The van der Waals surface area contributed by atoms with Crippen LogP contribution < -0.4 is 5.69 Å². The van der Waals surface area contributed by atoms with Crippen molar-refractivity contribution < 1.29 is 9.90 Å². The van der Waals surface area contributed by atoms with Crippen LogP contribution in [0.15, 0.2) is 9.95 Å².